The van der Waals surface area contributed by atoms with Gasteiger partial charge in [0.05, 0.1) is 25.6 Å². The second-order valence-corrected chi connectivity index (χ2v) is 12.7. The van der Waals surface area contributed by atoms with Crippen LogP contribution in [0, 0.1) is 0 Å². The van der Waals surface area contributed by atoms with Crippen molar-refractivity contribution in [2.45, 2.75) is 49.1 Å². The third-order valence-corrected chi connectivity index (χ3v) is 9.32. The number of aliphatic hydroxyl groups is 3. The fraction of sp³-hybridized carbons (Fsp3) is 0.476. The second-order valence-electron chi connectivity index (χ2n) is 9.66. The number of nitrogen functional groups attached to an aromatic ring is 1. The summed E-state index contributed by atoms with van der Waals surface area (Å²) in [7, 11) is -10.8. The number of nitrogens with two attached hydrogens (primary N) is 2. The zero-order valence-electron chi connectivity index (χ0n) is 23.2. The summed E-state index contributed by atoms with van der Waals surface area (Å²) < 4.78 is 51.8. The molecule has 2 aliphatic rings. The molecule has 1 amide bonds. The largest absolute Gasteiger partial charge is 0.843 e. The van der Waals surface area contributed by atoms with E-state index in [9.17, 15) is 44.1 Å². The summed E-state index contributed by atoms with van der Waals surface area (Å²) in [6.07, 6.45) is -7.49. The number of phosphoric ester groups is 2. The summed E-state index contributed by atoms with van der Waals surface area (Å²) >= 11 is 0. The van der Waals surface area contributed by atoms with Crippen LogP contribution in [0.5, 0.6) is 0 Å². The number of nitrogens with zero attached hydrogens (tertiary/aromatic N) is 5. The normalized spacial score (nSPS) is 30.9. The van der Waals surface area contributed by atoms with Crippen LogP contribution in [0.2, 0.25) is 0 Å². The van der Waals surface area contributed by atoms with E-state index in [0.29, 0.717) is 0 Å². The van der Waals surface area contributed by atoms with Crippen molar-refractivity contribution in [3.63, 3.8) is 0 Å². The van der Waals surface area contributed by atoms with E-state index in [2.05, 4.69) is 23.8 Å². The van der Waals surface area contributed by atoms with Crippen LogP contribution in [0.3, 0.4) is 0 Å². The average molecular weight is 670 g/mol. The van der Waals surface area contributed by atoms with Crippen molar-refractivity contribution in [3.05, 3.63) is 42.7 Å². The molecule has 10 unspecified atom stereocenters. The number of carbonyl (C=O) groups is 1. The first-order chi connectivity index (χ1) is 20.7. The Morgan fingerprint density at radius 2 is 1.69 bits per heavy atom. The van der Waals surface area contributed by atoms with Gasteiger partial charge in [-0.15, -0.1) is 0 Å². The molecule has 2 fully saturated rings. The molecule has 1 radical (unpaired) electrons. The average Bonchev–Trinajstić information content (AvgIpc) is 3.61. The van der Waals surface area contributed by atoms with Crippen molar-refractivity contribution in [1.29, 1.82) is 0 Å². The first-order valence-corrected chi connectivity index (χ1v) is 15.6. The summed E-state index contributed by atoms with van der Waals surface area (Å²) in [4.78, 5) is 43.3. The summed E-state index contributed by atoms with van der Waals surface area (Å²) in [5.41, 5.74) is 11.4. The van der Waals surface area contributed by atoms with Gasteiger partial charge in [-0.1, -0.05) is 0 Å². The third-order valence-electron chi connectivity index (χ3n) is 6.72. The number of hydrogen-bond donors (Lipinski definition) is 7. The van der Waals surface area contributed by atoms with Gasteiger partial charge in [0.15, 0.2) is 30.1 Å². The smallest absolute Gasteiger partial charge is 0.481 e. The molecular weight excluding hydrogens is 643 g/mol. The van der Waals surface area contributed by atoms with E-state index in [1.165, 1.54) is 40.0 Å². The van der Waals surface area contributed by atoms with E-state index in [1.54, 1.807) is 0 Å². The molecule has 10 atom stereocenters. The van der Waals surface area contributed by atoms with Crippen molar-refractivity contribution < 1.29 is 71.5 Å². The Kier molecular flexibility index (Phi) is 10.8. The number of fused-ring (bicyclic) bond motifs is 1. The Balaban J connectivity index is 0.00000461. The number of amides is 1. The maximum Gasteiger partial charge on any atom is 0.481 e. The van der Waals surface area contributed by atoms with Crippen LogP contribution in [0.1, 0.15) is 22.8 Å². The minimum atomic E-state index is -5.39. The number of rotatable bonds is 11. The fourth-order valence-corrected chi connectivity index (χ4v) is 6.65. The van der Waals surface area contributed by atoms with Crippen LogP contribution in [0.25, 0.3) is 11.2 Å². The Hall–Kier alpha value is -2.41. The molecule has 5 rings (SSSR count). The van der Waals surface area contributed by atoms with E-state index in [0.717, 1.165) is 6.33 Å². The molecular formula is C21H27LiN7O14P2. The van der Waals surface area contributed by atoms with Crippen LogP contribution >= 0.6 is 15.6 Å². The van der Waals surface area contributed by atoms with Crippen molar-refractivity contribution >= 4 is 57.4 Å². The Morgan fingerprint density at radius 1 is 1.04 bits per heavy atom. The van der Waals surface area contributed by atoms with Crippen molar-refractivity contribution in [1.82, 2.24) is 19.5 Å². The Labute approximate surface area is 264 Å². The third kappa shape index (κ3) is 7.60. The zero-order valence-corrected chi connectivity index (χ0v) is 25.0. The zero-order chi connectivity index (χ0) is 32.0. The van der Waals surface area contributed by atoms with E-state index < -0.39 is 83.8 Å². The molecule has 24 heteroatoms. The summed E-state index contributed by atoms with van der Waals surface area (Å²) in [5, 5.41) is 43.7. The SMILES string of the molecule is NC(=O)c1ccc[n+](C2OC(COP(=O)(O)OP(=O)(O)OCC3OC(n4cnc5c(N)ncnc54)C(O)C3O)C(O)C2[O-])c1.[Li]. The monoisotopic (exact) mass is 670 g/mol. The molecule has 2 aliphatic heterocycles. The van der Waals surface area contributed by atoms with Crippen LogP contribution in [-0.4, -0.2) is 119 Å². The molecule has 0 bridgehead atoms. The standard InChI is InChI=1S/C21H27N7O14P2.Li/c22-17-12-19(25-7-24-17)28(8-26-12)21-16(32)14(30)11(41-21)6-39-44(36,37)42-43(34,35)38-5-10-13(29)15(31)20(40-10)27-3-1-2-9(4-27)18(23)33;/h1-4,7-8,10-11,13-16,20-21,29-30,32H,5-6H2,(H2,23,33)(H,34,35)(H,36,37)(H2,22,24,25);. The molecule has 0 aromatic carbocycles. The Morgan fingerprint density at radius 3 is 2.33 bits per heavy atom. The van der Waals surface area contributed by atoms with Crippen LogP contribution in [-0.2, 0) is 32.0 Å². The Bertz CT molecular complexity index is 1640. The van der Waals surface area contributed by atoms with Gasteiger partial charge in [-0.2, -0.15) is 8.88 Å². The second kappa shape index (κ2) is 13.7. The maximum absolute atomic E-state index is 12.6. The van der Waals surface area contributed by atoms with Gasteiger partial charge in [-0.05, 0) is 12.2 Å². The summed E-state index contributed by atoms with van der Waals surface area (Å²) in [5.74, 6) is -0.738. The molecule has 0 saturated carbocycles. The van der Waals surface area contributed by atoms with E-state index >= 15 is 0 Å². The van der Waals surface area contributed by atoms with Gasteiger partial charge in [0.1, 0.15) is 41.8 Å². The molecule has 3 aromatic heterocycles. The quantitative estimate of drug-likeness (QED) is 0.0580. The number of hydrogen-bond acceptors (Lipinski definition) is 16. The van der Waals surface area contributed by atoms with Crippen LogP contribution < -0.4 is 21.1 Å². The number of carbonyl (C=O) groups excluding carboxylic acids is 1. The van der Waals surface area contributed by atoms with Gasteiger partial charge in [-0.25, -0.2) is 24.1 Å². The number of imidazole rings is 1. The summed E-state index contributed by atoms with van der Waals surface area (Å²) in [6.45, 7) is -1.84. The number of aliphatic hydroxyl groups excluding tert-OH is 3. The molecule has 0 aliphatic carbocycles. The number of anilines is 1. The number of ether oxygens (including phenoxy) is 2. The number of pyridine rings is 1. The molecule has 5 heterocycles. The van der Waals surface area contributed by atoms with Gasteiger partial charge in [0, 0.05) is 24.9 Å². The first kappa shape index (κ1) is 35.4. The van der Waals surface area contributed by atoms with Crippen molar-refractivity contribution in [2.24, 2.45) is 5.73 Å². The number of aromatic nitrogens is 5. The molecule has 3 aromatic rings. The molecule has 21 nitrogen and oxygen atoms in total. The van der Waals surface area contributed by atoms with Gasteiger partial charge in [0.2, 0.25) is 0 Å². The predicted molar refractivity (Wildman–Crippen MR) is 143 cm³/mol. The van der Waals surface area contributed by atoms with Gasteiger partial charge in [0.25, 0.3) is 12.1 Å². The minimum absolute atomic E-state index is 0. The minimum Gasteiger partial charge on any atom is -0.843 e. The molecule has 45 heavy (non-hydrogen) atoms. The van der Waals surface area contributed by atoms with E-state index in [1.807, 2.05) is 0 Å². The maximum atomic E-state index is 12.6. The van der Waals surface area contributed by atoms with Gasteiger partial charge >= 0.3 is 15.6 Å². The van der Waals surface area contributed by atoms with Crippen molar-refractivity contribution in [3.8, 4) is 0 Å². The van der Waals surface area contributed by atoms with Crippen molar-refractivity contribution in [2.75, 3.05) is 18.9 Å². The molecule has 2 saturated heterocycles. The van der Waals surface area contributed by atoms with Gasteiger partial charge < -0.3 is 51.2 Å². The number of primary amides is 1. The first-order valence-electron chi connectivity index (χ1n) is 12.6. The van der Waals surface area contributed by atoms with Gasteiger partial charge in [-0.3, -0.25) is 18.4 Å². The summed E-state index contributed by atoms with van der Waals surface area (Å²) in [6, 6.07) is 2.79. The molecule has 0 spiro atoms. The van der Waals surface area contributed by atoms with Crippen LogP contribution in [0.15, 0.2) is 37.2 Å². The predicted octanol–water partition coefficient (Wildman–Crippen LogP) is -4.03. The van der Waals surface area contributed by atoms with E-state index in [-0.39, 0.29) is 41.4 Å². The molecule has 241 valence electrons. The van der Waals surface area contributed by atoms with E-state index in [4.69, 9.17) is 25.5 Å². The topological polar surface area (TPSA) is 321 Å². The fourth-order valence-electron chi connectivity index (χ4n) is 4.56. The van der Waals surface area contributed by atoms with Crippen LogP contribution in [0.4, 0.5) is 5.82 Å². The molecule has 9 N–H and O–H groups in total. The number of phosphoric acid groups is 2.